The quantitative estimate of drug-likeness (QED) is 0.0261. The van der Waals surface area contributed by atoms with Crippen LogP contribution in [0.3, 0.4) is 0 Å². The van der Waals surface area contributed by atoms with Crippen molar-refractivity contribution in [3.8, 4) is 0 Å². The third-order valence-corrected chi connectivity index (χ3v) is 15.1. The Balaban J connectivity index is 4.16. The van der Waals surface area contributed by atoms with Gasteiger partial charge in [0.25, 0.3) is 0 Å². The van der Waals surface area contributed by atoms with Gasteiger partial charge in [-0.05, 0) is 116 Å². The van der Waals surface area contributed by atoms with E-state index in [1.807, 2.05) is 0 Å². The number of esters is 3. The van der Waals surface area contributed by atoms with Crippen molar-refractivity contribution >= 4 is 17.9 Å². The SMILES string of the molecule is CCCC/C=C\C/C=C\CCCCCCCC(=O)OCC(COC(=O)CCCCCCCCCCCCCCCCCCCC/C=C\C/C=C\C/C=C\CCCCCCC)OC(=O)CCCCCCC/C=C\C/C=C\CCCCC. The summed E-state index contributed by atoms with van der Waals surface area (Å²) in [6.07, 6.45) is 90.4. The fraction of sp³-hybridized carbons (Fsp3) is 0.770. The van der Waals surface area contributed by atoms with Gasteiger partial charge in [-0.15, -0.1) is 0 Å². The molecule has 0 heterocycles. The van der Waals surface area contributed by atoms with Crippen molar-refractivity contribution in [2.75, 3.05) is 13.2 Å². The highest BCUT2D eigenvalue weighted by Crippen LogP contribution is 2.17. The van der Waals surface area contributed by atoms with E-state index in [-0.39, 0.29) is 31.1 Å². The molecule has 0 saturated heterocycles. The highest BCUT2D eigenvalue weighted by Gasteiger charge is 2.19. The molecule has 0 aliphatic rings. The van der Waals surface area contributed by atoms with Crippen LogP contribution in [-0.4, -0.2) is 37.2 Å². The first-order valence-electron chi connectivity index (χ1n) is 34.6. The van der Waals surface area contributed by atoms with Crippen molar-refractivity contribution in [1.29, 1.82) is 0 Å². The third-order valence-electron chi connectivity index (χ3n) is 15.1. The smallest absolute Gasteiger partial charge is 0.306 e. The Kier molecular flexibility index (Phi) is 65.2. The topological polar surface area (TPSA) is 78.9 Å². The summed E-state index contributed by atoms with van der Waals surface area (Å²) in [5.41, 5.74) is 0. The molecule has 0 amide bonds. The molecule has 0 aromatic rings. The summed E-state index contributed by atoms with van der Waals surface area (Å²) in [5.74, 6) is -0.899. The summed E-state index contributed by atoms with van der Waals surface area (Å²) in [6, 6.07) is 0. The van der Waals surface area contributed by atoms with Gasteiger partial charge in [-0.3, -0.25) is 14.4 Å². The Hall–Kier alpha value is -3.41. The second-order valence-corrected chi connectivity index (χ2v) is 23.1. The molecule has 0 aromatic heterocycles. The van der Waals surface area contributed by atoms with E-state index in [2.05, 4.69) is 106 Å². The molecular weight excluding hydrogens is 985 g/mol. The molecule has 0 fully saturated rings. The van der Waals surface area contributed by atoms with Crippen LogP contribution in [0.4, 0.5) is 0 Å². The van der Waals surface area contributed by atoms with E-state index in [1.54, 1.807) is 0 Å². The van der Waals surface area contributed by atoms with Crippen molar-refractivity contribution in [1.82, 2.24) is 0 Å². The lowest BCUT2D eigenvalue weighted by Gasteiger charge is -2.18. The van der Waals surface area contributed by atoms with Gasteiger partial charge in [-0.2, -0.15) is 0 Å². The van der Waals surface area contributed by atoms with Gasteiger partial charge >= 0.3 is 17.9 Å². The molecule has 6 heteroatoms. The van der Waals surface area contributed by atoms with Gasteiger partial charge in [-0.25, -0.2) is 0 Å². The molecule has 0 saturated carbocycles. The van der Waals surface area contributed by atoms with E-state index in [0.29, 0.717) is 19.3 Å². The van der Waals surface area contributed by atoms with Gasteiger partial charge in [0.1, 0.15) is 13.2 Å². The highest BCUT2D eigenvalue weighted by molar-refractivity contribution is 5.71. The number of hydrogen-bond acceptors (Lipinski definition) is 6. The largest absolute Gasteiger partial charge is 0.462 e. The van der Waals surface area contributed by atoms with E-state index >= 15 is 0 Å². The van der Waals surface area contributed by atoms with Crippen molar-refractivity contribution in [2.24, 2.45) is 0 Å². The Morgan fingerprint density at radius 3 is 0.762 bits per heavy atom. The van der Waals surface area contributed by atoms with Crippen molar-refractivity contribution in [2.45, 2.75) is 354 Å². The predicted molar refractivity (Wildman–Crippen MR) is 348 cm³/mol. The zero-order chi connectivity index (χ0) is 57.8. The summed E-state index contributed by atoms with van der Waals surface area (Å²) < 4.78 is 16.9. The minimum Gasteiger partial charge on any atom is -0.462 e. The molecule has 0 aliphatic carbocycles. The summed E-state index contributed by atoms with van der Waals surface area (Å²) in [6.45, 7) is 6.57. The van der Waals surface area contributed by atoms with Crippen LogP contribution in [0, 0.1) is 0 Å². The Labute approximate surface area is 496 Å². The van der Waals surface area contributed by atoms with Crippen molar-refractivity contribution < 1.29 is 28.6 Å². The molecule has 462 valence electrons. The average Bonchev–Trinajstić information content (AvgIpc) is 3.46. The second-order valence-electron chi connectivity index (χ2n) is 23.1. The zero-order valence-corrected chi connectivity index (χ0v) is 53.1. The van der Waals surface area contributed by atoms with Crippen LogP contribution in [0.1, 0.15) is 348 Å². The molecule has 0 aromatic carbocycles. The first-order valence-corrected chi connectivity index (χ1v) is 34.6. The van der Waals surface area contributed by atoms with Crippen molar-refractivity contribution in [3.63, 3.8) is 0 Å². The molecule has 80 heavy (non-hydrogen) atoms. The maximum absolute atomic E-state index is 12.9. The summed E-state index contributed by atoms with van der Waals surface area (Å²) in [5, 5.41) is 0. The summed E-state index contributed by atoms with van der Waals surface area (Å²) >= 11 is 0. The third kappa shape index (κ3) is 65.4. The lowest BCUT2D eigenvalue weighted by atomic mass is 10.0. The Morgan fingerprint density at radius 2 is 0.463 bits per heavy atom. The van der Waals surface area contributed by atoms with Gasteiger partial charge < -0.3 is 14.2 Å². The van der Waals surface area contributed by atoms with Gasteiger partial charge in [0.05, 0.1) is 0 Å². The van der Waals surface area contributed by atoms with E-state index in [0.717, 1.165) is 116 Å². The van der Waals surface area contributed by atoms with E-state index in [9.17, 15) is 14.4 Å². The number of ether oxygens (including phenoxy) is 3. The van der Waals surface area contributed by atoms with Gasteiger partial charge in [0, 0.05) is 19.3 Å². The summed E-state index contributed by atoms with van der Waals surface area (Å²) in [4.78, 5) is 38.3. The number of rotatable bonds is 63. The van der Waals surface area contributed by atoms with Crippen LogP contribution in [0.2, 0.25) is 0 Å². The number of carbonyl (C=O) groups excluding carboxylic acids is 3. The van der Waals surface area contributed by atoms with Crippen LogP contribution in [0.5, 0.6) is 0 Å². The Morgan fingerprint density at radius 1 is 0.250 bits per heavy atom. The molecule has 0 radical (unpaired) electrons. The molecular formula is C74H130O6. The van der Waals surface area contributed by atoms with Crippen molar-refractivity contribution in [3.05, 3.63) is 85.1 Å². The normalized spacial score (nSPS) is 12.6. The average molecular weight is 1120 g/mol. The monoisotopic (exact) mass is 1110 g/mol. The highest BCUT2D eigenvalue weighted by atomic mass is 16.6. The Bertz CT molecular complexity index is 1520. The minimum absolute atomic E-state index is 0.0842. The molecule has 0 aliphatic heterocycles. The van der Waals surface area contributed by atoms with Crippen LogP contribution in [-0.2, 0) is 28.6 Å². The zero-order valence-electron chi connectivity index (χ0n) is 53.1. The molecule has 0 rings (SSSR count). The lowest BCUT2D eigenvalue weighted by Crippen LogP contribution is -2.30. The van der Waals surface area contributed by atoms with Gasteiger partial charge in [0.15, 0.2) is 6.10 Å². The minimum atomic E-state index is -0.790. The van der Waals surface area contributed by atoms with Gasteiger partial charge in [0.2, 0.25) is 0 Å². The number of unbranched alkanes of at least 4 members (excludes halogenated alkanes) is 38. The van der Waals surface area contributed by atoms with E-state index in [1.165, 1.54) is 193 Å². The van der Waals surface area contributed by atoms with Crippen LogP contribution in [0.15, 0.2) is 85.1 Å². The number of hydrogen-bond donors (Lipinski definition) is 0. The van der Waals surface area contributed by atoms with Crippen LogP contribution in [0.25, 0.3) is 0 Å². The maximum Gasteiger partial charge on any atom is 0.306 e. The van der Waals surface area contributed by atoms with E-state index < -0.39 is 6.10 Å². The number of carbonyl (C=O) groups is 3. The summed E-state index contributed by atoms with van der Waals surface area (Å²) in [7, 11) is 0. The molecule has 1 unspecified atom stereocenters. The second kappa shape index (κ2) is 68.1. The molecule has 0 N–H and O–H groups in total. The standard InChI is InChI=1S/C74H130O6/c1-4-7-10-13-16-19-22-25-28-29-30-31-32-33-34-35-36-37-38-39-40-41-42-43-44-45-47-49-52-55-58-61-64-67-73(76)79-70-71(69-78-72(75)66-63-60-57-54-51-48-27-24-21-18-15-12-9-6-3)80-74(77)68-65-62-59-56-53-50-46-26-23-20-17-14-11-8-5-2/h15,17-18,20,22,24-27,29-30,32-33,46,71H,4-14,16,19,21,23,28,31,34-45,47-70H2,1-3H3/b18-15-,20-17-,25-22-,27-24-,30-29-,33-32-,46-26-. The first-order chi connectivity index (χ1) is 39.5. The predicted octanol–water partition coefficient (Wildman–Crippen LogP) is 23.8. The van der Waals surface area contributed by atoms with Crippen LogP contribution < -0.4 is 0 Å². The number of allylic oxidation sites excluding steroid dienone is 14. The fourth-order valence-corrected chi connectivity index (χ4v) is 9.85. The molecule has 0 bridgehead atoms. The van der Waals surface area contributed by atoms with E-state index in [4.69, 9.17) is 14.2 Å². The van der Waals surface area contributed by atoms with Gasteiger partial charge in [-0.1, -0.05) is 298 Å². The maximum atomic E-state index is 12.9. The molecule has 6 nitrogen and oxygen atoms in total. The first kappa shape index (κ1) is 76.6. The lowest BCUT2D eigenvalue weighted by molar-refractivity contribution is -0.167. The molecule has 0 spiro atoms. The fourth-order valence-electron chi connectivity index (χ4n) is 9.85. The molecule has 1 atom stereocenters. The van der Waals surface area contributed by atoms with Crippen LogP contribution >= 0.6 is 0 Å².